The van der Waals surface area contributed by atoms with Gasteiger partial charge in [0.1, 0.15) is 0 Å². The van der Waals surface area contributed by atoms with Crippen LogP contribution >= 0.6 is 0 Å². The van der Waals surface area contributed by atoms with E-state index in [1.165, 1.54) is 4.90 Å². The molecule has 0 atom stereocenters. The zero-order valence-corrected chi connectivity index (χ0v) is 14.3. The Labute approximate surface area is 141 Å². The van der Waals surface area contributed by atoms with Crippen molar-refractivity contribution in [1.82, 2.24) is 0 Å². The summed E-state index contributed by atoms with van der Waals surface area (Å²) < 4.78 is 9.90. The maximum Gasteiger partial charge on any atom is 0.422 e. The second-order valence-electron chi connectivity index (χ2n) is 6.37. The topological polar surface area (TPSA) is 72.9 Å². The van der Waals surface area contributed by atoms with Crippen molar-refractivity contribution in [2.24, 2.45) is 5.41 Å². The van der Waals surface area contributed by atoms with Gasteiger partial charge in [-0.3, -0.25) is 14.5 Å². The smallest absolute Gasteiger partial charge is 0.422 e. The number of rotatable bonds is 5. The normalized spacial score (nSPS) is 13.4. The minimum Gasteiger partial charge on any atom is -0.466 e. The standard InChI is InChI=1S/C18H23NO5/c1-4-23-16(21)18(2,3)11-9-15(20)24-17(22)19-12-10-13-7-5-6-8-14(13)19/h5-8H,4,9-12H2,1-3H3. The number of hydrogen-bond acceptors (Lipinski definition) is 5. The zero-order valence-electron chi connectivity index (χ0n) is 14.3. The maximum atomic E-state index is 12.2. The summed E-state index contributed by atoms with van der Waals surface area (Å²) in [4.78, 5) is 37.4. The number of carbonyl (C=O) groups excluding carboxylic acids is 3. The summed E-state index contributed by atoms with van der Waals surface area (Å²) in [5.74, 6) is -1.00. The molecule has 0 spiro atoms. The Morgan fingerprint density at radius 2 is 1.92 bits per heavy atom. The molecule has 6 heteroatoms. The number of carbonyl (C=O) groups is 3. The highest BCUT2D eigenvalue weighted by Crippen LogP contribution is 2.28. The van der Waals surface area contributed by atoms with Crippen molar-refractivity contribution in [3.8, 4) is 0 Å². The van der Waals surface area contributed by atoms with Crippen molar-refractivity contribution in [2.45, 2.75) is 40.0 Å². The Bertz CT molecular complexity index is 638. The third kappa shape index (κ3) is 4.13. The van der Waals surface area contributed by atoms with E-state index in [4.69, 9.17) is 9.47 Å². The van der Waals surface area contributed by atoms with E-state index in [2.05, 4.69) is 0 Å². The summed E-state index contributed by atoms with van der Waals surface area (Å²) >= 11 is 0. The average molecular weight is 333 g/mol. The third-order valence-electron chi connectivity index (χ3n) is 4.09. The molecule has 0 saturated heterocycles. The van der Waals surface area contributed by atoms with Crippen molar-refractivity contribution < 1.29 is 23.9 Å². The average Bonchev–Trinajstić information content (AvgIpc) is 2.97. The number of para-hydroxylation sites is 1. The number of amides is 1. The second-order valence-corrected chi connectivity index (χ2v) is 6.37. The van der Waals surface area contributed by atoms with Crippen LogP contribution in [0.5, 0.6) is 0 Å². The lowest BCUT2D eigenvalue weighted by molar-refractivity contribution is -0.154. The number of benzene rings is 1. The zero-order chi connectivity index (χ0) is 17.7. The van der Waals surface area contributed by atoms with Crippen molar-refractivity contribution in [3.63, 3.8) is 0 Å². The van der Waals surface area contributed by atoms with E-state index in [0.29, 0.717) is 13.2 Å². The van der Waals surface area contributed by atoms with E-state index in [9.17, 15) is 14.4 Å². The summed E-state index contributed by atoms with van der Waals surface area (Å²) in [5.41, 5.74) is 1.05. The lowest BCUT2D eigenvalue weighted by atomic mass is 9.88. The number of nitrogens with zero attached hydrogens (tertiary/aromatic N) is 1. The van der Waals surface area contributed by atoms with Crippen molar-refractivity contribution in [2.75, 3.05) is 18.1 Å². The van der Waals surface area contributed by atoms with Crippen LogP contribution in [-0.4, -0.2) is 31.2 Å². The first-order valence-electron chi connectivity index (χ1n) is 8.12. The molecule has 24 heavy (non-hydrogen) atoms. The fourth-order valence-electron chi connectivity index (χ4n) is 2.57. The highest BCUT2D eigenvalue weighted by atomic mass is 16.6. The van der Waals surface area contributed by atoms with Gasteiger partial charge in [-0.15, -0.1) is 0 Å². The first-order chi connectivity index (χ1) is 11.3. The molecule has 0 fully saturated rings. The molecule has 130 valence electrons. The van der Waals surface area contributed by atoms with Crippen LogP contribution in [0, 0.1) is 5.41 Å². The highest BCUT2D eigenvalue weighted by Gasteiger charge is 2.31. The largest absolute Gasteiger partial charge is 0.466 e. The van der Waals surface area contributed by atoms with Gasteiger partial charge in [0, 0.05) is 13.0 Å². The second kappa shape index (κ2) is 7.47. The lowest BCUT2D eigenvalue weighted by Crippen LogP contribution is -2.32. The first-order valence-corrected chi connectivity index (χ1v) is 8.12. The van der Waals surface area contributed by atoms with Gasteiger partial charge in [0.25, 0.3) is 0 Å². The van der Waals surface area contributed by atoms with Gasteiger partial charge in [0.05, 0.1) is 17.7 Å². The van der Waals surface area contributed by atoms with Crippen LogP contribution in [0.1, 0.15) is 39.2 Å². The molecule has 0 aromatic heterocycles. The van der Waals surface area contributed by atoms with Gasteiger partial charge < -0.3 is 9.47 Å². The number of ether oxygens (including phenoxy) is 2. The number of esters is 2. The molecule has 2 rings (SSSR count). The van der Waals surface area contributed by atoms with Crippen molar-refractivity contribution in [3.05, 3.63) is 29.8 Å². The Morgan fingerprint density at radius 3 is 2.62 bits per heavy atom. The molecule has 0 N–H and O–H groups in total. The predicted octanol–water partition coefficient (Wildman–Crippen LogP) is 3.08. The molecule has 6 nitrogen and oxygen atoms in total. The van der Waals surface area contributed by atoms with Crippen LogP contribution in [0.15, 0.2) is 24.3 Å². The van der Waals surface area contributed by atoms with Crippen molar-refractivity contribution in [1.29, 1.82) is 0 Å². The lowest BCUT2D eigenvalue weighted by Gasteiger charge is -2.21. The van der Waals surface area contributed by atoms with Crippen LogP contribution in [0.4, 0.5) is 10.5 Å². The van der Waals surface area contributed by atoms with Gasteiger partial charge in [0.15, 0.2) is 0 Å². The quantitative estimate of drug-likeness (QED) is 0.611. The molecule has 1 aromatic carbocycles. The molecular formula is C18H23NO5. The Balaban J connectivity index is 1.87. The fraction of sp³-hybridized carbons (Fsp3) is 0.500. The molecule has 1 amide bonds. The highest BCUT2D eigenvalue weighted by molar-refractivity contribution is 5.96. The SMILES string of the molecule is CCOC(=O)C(C)(C)CCC(=O)OC(=O)N1CCc2ccccc21. The van der Waals surface area contributed by atoms with Crippen LogP contribution in [-0.2, 0) is 25.5 Å². The summed E-state index contributed by atoms with van der Waals surface area (Å²) in [6, 6.07) is 7.54. The molecule has 0 unspecified atom stereocenters. The van der Waals surface area contributed by atoms with E-state index < -0.39 is 17.5 Å². The van der Waals surface area contributed by atoms with E-state index in [0.717, 1.165) is 17.7 Å². The van der Waals surface area contributed by atoms with Crippen LogP contribution in [0.25, 0.3) is 0 Å². The van der Waals surface area contributed by atoms with E-state index in [-0.39, 0.29) is 18.8 Å². The van der Waals surface area contributed by atoms with Crippen molar-refractivity contribution >= 4 is 23.7 Å². The predicted molar refractivity (Wildman–Crippen MR) is 88.6 cm³/mol. The Morgan fingerprint density at radius 1 is 1.21 bits per heavy atom. The van der Waals surface area contributed by atoms with Gasteiger partial charge in [0.2, 0.25) is 0 Å². The maximum absolute atomic E-state index is 12.2. The van der Waals surface area contributed by atoms with E-state index in [1.54, 1.807) is 20.8 Å². The summed E-state index contributed by atoms with van der Waals surface area (Å²) in [5, 5.41) is 0. The van der Waals surface area contributed by atoms with Crippen LogP contribution < -0.4 is 4.90 Å². The van der Waals surface area contributed by atoms with E-state index >= 15 is 0 Å². The molecule has 0 bridgehead atoms. The molecule has 1 aliphatic heterocycles. The van der Waals surface area contributed by atoms with Crippen LogP contribution in [0.2, 0.25) is 0 Å². The van der Waals surface area contributed by atoms with E-state index in [1.807, 2.05) is 24.3 Å². The number of fused-ring (bicyclic) bond motifs is 1. The molecule has 1 aliphatic rings. The monoisotopic (exact) mass is 333 g/mol. The van der Waals surface area contributed by atoms with Gasteiger partial charge in [-0.25, -0.2) is 4.79 Å². The summed E-state index contributed by atoms with van der Waals surface area (Å²) in [7, 11) is 0. The fourth-order valence-corrected chi connectivity index (χ4v) is 2.57. The molecule has 0 aliphatic carbocycles. The first kappa shape index (κ1) is 18.0. The van der Waals surface area contributed by atoms with Gasteiger partial charge in [-0.2, -0.15) is 0 Å². The number of hydrogen-bond donors (Lipinski definition) is 0. The number of anilines is 1. The molecule has 1 aromatic rings. The third-order valence-corrected chi connectivity index (χ3v) is 4.09. The van der Waals surface area contributed by atoms with Gasteiger partial charge in [-0.05, 0) is 45.2 Å². The molecule has 0 radical (unpaired) electrons. The molecular weight excluding hydrogens is 310 g/mol. The molecule has 0 saturated carbocycles. The Kier molecular flexibility index (Phi) is 5.59. The Hall–Kier alpha value is -2.37. The van der Waals surface area contributed by atoms with Gasteiger partial charge in [-0.1, -0.05) is 18.2 Å². The minimum atomic E-state index is -0.793. The van der Waals surface area contributed by atoms with Gasteiger partial charge >= 0.3 is 18.0 Å². The summed E-state index contributed by atoms with van der Waals surface area (Å²) in [6.07, 6.45) is 0.315. The minimum absolute atomic E-state index is 0.0208. The molecule has 1 heterocycles. The van der Waals surface area contributed by atoms with Crippen LogP contribution in [0.3, 0.4) is 0 Å². The summed E-state index contributed by atoms with van der Waals surface area (Å²) in [6.45, 7) is 5.93.